The maximum absolute atomic E-state index is 12.7. The number of fused-ring (bicyclic) bond motifs is 1. The molecule has 3 N–H and O–H groups in total. The van der Waals surface area contributed by atoms with Gasteiger partial charge < -0.3 is 15.5 Å². The Morgan fingerprint density at radius 1 is 0.808 bits per heavy atom. The molecule has 0 radical (unpaired) electrons. The summed E-state index contributed by atoms with van der Waals surface area (Å²) in [6.45, 7) is 0. The predicted molar refractivity (Wildman–Crippen MR) is 105 cm³/mol. The van der Waals surface area contributed by atoms with Crippen LogP contribution in [0.2, 0.25) is 0 Å². The van der Waals surface area contributed by atoms with Crippen molar-refractivity contribution in [2.24, 2.45) is 0 Å². The molecule has 26 heavy (non-hydrogen) atoms. The van der Waals surface area contributed by atoms with Gasteiger partial charge in [-0.05, 0) is 78.9 Å². The van der Waals surface area contributed by atoms with Gasteiger partial charge in [0.25, 0.3) is 5.91 Å². The van der Waals surface area contributed by atoms with E-state index in [0.29, 0.717) is 14.5 Å². The van der Waals surface area contributed by atoms with E-state index in [1.54, 1.807) is 42.5 Å². The van der Waals surface area contributed by atoms with Crippen molar-refractivity contribution in [2.45, 2.75) is 5.54 Å². The van der Waals surface area contributed by atoms with Crippen LogP contribution < -0.4 is 5.32 Å². The van der Waals surface area contributed by atoms with E-state index in [0.717, 1.165) is 16.7 Å². The van der Waals surface area contributed by atoms with Crippen molar-refractivity contribution >= 4 is 37.8 Å². The van der Waals surface area contributed by atoms with Gasteiger partial charge in [0.15, 0.2) is 0 Å². The lowest BCUT2D eigenvalue weighted by molar-refractivity contribution is 0.0948. The highest BCUT2D eigenvalue weighted by molar-refractivity contribution is 9.10. The molecule has 1 amide bonds. The van der Waals surface area contributed by atoms with Gasteiger partial charge in [-0.15, -0.1) is 0 Å². The second-order valence-electron chi connectivity index (χ2n) is 6.08. The molecule has 1 heterocycles. The molecule has 6 heteroatoms. The second-order valence-corrected chi connectivity index (χ2v) is 7.79. The molecule has 0 aromatic heterocycles. The van der Waals surface area contributed by atoms with Gasteiger partial charge >= 0.3 is 0 Å². The lowest BCUT2D eigenvalue weighted by atomic mass is 9.78. The maximum atomic E-state index is 12.7. The minimum atomic E-state index is -0.930. The van der Waals surface area contributed by atoms with Gasteiger partial charge in [0.2, 0.25) is 0 Å². The van der Waals surface area contributed by atoms with Crippen LogP contribution in [0.4, 0.5) is 0 Å². The molecule has 1 aliphatic heterocycles. The molecule has 0 saturated carbocycles. The van der Waals surface area contributed by atoms with E-state index in [1.165, 1.54) is 0 Å². The van der Waals surface area contributed by atoms with Crippen molar-refractivity contribution in [3.05, 3.63) is 91.9 Å². The van der Waals surface area contributed by atoms with Gasteiger partial charge in [0.1, 0.15) is 17.0 Å². The lowest BCUT2D eigenvalue weighted by Gasteiger charge is -2.32. The fraction of sp³-hybridized carbons (Fsp3) is 0.0500. The Balaban J connectivity index is 2.07. The van der Waals surface area contributed by atoms with E-state index in [9.17, 15) is 15.0 Å². The second kappa shape index (κ2) is 6.14. The number of phenolic OH excluding ortho intramolecular Hbond substituents is 2. The van der Waals surface area contributed by atoms with E-state index >= 15 is 0 Å². The average molecular weight is 475 g/mol. The number of benzene rings is 3. The summed E-state index contributed by atoms with van der Waals surface area (Å²) in [5.74, 6) is 0.0655. The van der Waals surface area contributed by atoms with Crippen LogP contribution in [0.25, 0.3) is 0 Å². The number of hydrogen-bond acceptors (Lipinski definition) is 3. The molecular formula is C20H13Br2NO3. The van der Waals surface area contributed by atoms with Crippen LogP contribution in [0.1, 0.15) is 27.0 Å². The molecule has 1 aliphatic rings. The first-order valence-corrected chi connectivity index (χ1v) is 9.42. The Bertz CT molecular complexity index is 997. The molecule has 4 rings (SSSR count). The number of nitrogens with one attached hydrogen (secondary N) is 1. The third-order valence-corrected chi connectivity index (χ3v) is 5.91. The summed E-state index contributed by atoms with van der Waals surface area (Å²) in [7, 11) is 0. The summed E-state index contributed by atoms with van der Waals surface area (Å²) in [6.07, 6.45) is 0. The fourth-order valence-electron chi connectivity index (χ4n) is 3.42. The number of rotatable bonds is 2. The zero-order valence-electron chi connectivity index (χ0n) is 13.3. The number of halogens is 2. The fourth-order valence-corrected chi connectivity index (χ4v) is 4.17. The number of hydrogen-bond donors (Lipinski definition) is 3. The molecule has 130 valence electrons. The normalized spacial score (nSPS) is 14.8. The largest absolute Gasteiger partial charge is 0.507 e. The van der Waals surface area contributed by atoms with E-state index in [4.69, 9.17) is 0 Å². The summed E-state index contributed by atoms with van der Waals surface area (Å²) < 4.78 is 1.07. The zero-order valence-corrected chi connectivity index (χ0v) is 16.5. The van der Waals surface area contributed by atoms with Gasteiger partial charge in [0.05, 0.1) is 8.95 Å². The molecule has 4 nitrogen and oxygen atoms in total. The number of carbonyl (C=O) groups excluding carboxylic acids is 1. The quantitative estimate of drug-likeness (QED) is 0.506. The first kappa shape index (κ1) is 17.1. The Hall–Kier alpha value is -2.31. The number of aromatic hydroxyl groups is 2. The van der Waals surface area contributed by atoms with Gasteiger partial charge in [-0.1, -0.05) is 30.3 Å². The summed E-state index contributed by atoms with van der Waals surface area (Å²) in [5.41, 5.74) is 2.07. The molecular weight excluding hydrogens is 462 g/mol. The Kier molecular flexibility index (Phi) is 4.04. The summed E-state index contributed by atoms with van der Waals surface area (Å²) in [5, 5.41) is 22.9. The minimum absolute atomic E-state index is 0.119. The zero-order chi connectivity index (χ0) is 18.5. The molecule has 0 aliphatic carbocycles. The van der Waals surface area contributed by atoms with Crippen LogP contribution in [0.15, 0.2) is 69.6 Å². The number of phenols is 2. The molecule has 0 fully saturated rings. The highest BCUT2D eigenvalue weighted by Gasteiger charge is 2.46. The third-order valence-electron chi connectivity index (χ3n) is 4.64. The molecule has 0 atom stereocenters. The van der Waals surface area contributed by atoms with E-state index in [2.05, 4.69) is 37.2 Å². The van der Waals surface area contributed by atoms with E-state index in [-0.39, 0.29) is 17.4 Å². The van der Waals surface area contributed by atoms with Crippen LogP contribution in [0, 0.1) is 0 Å². The first-order valence-electron chi connectivity index (χ1n) is 7.83. The summed E-state index contributed by atoms with van der Waals surface area (Å²) >= 11 is 6.72. The van der Waals surface area contributed by atoms with Gasteiger partial charge in [0, 0.05) is 5.56 Å². The average Bonchev–Trinajstić information content (AvgIpc) is 2.94. The van der Waals surface area contributed by atoms with Crippen LogP contribution in [-0.2, 0) is 5.54 Å². The van der Waals surface area contributed by atoms with Gasteiger partial charge in [-0.3, -0.25) is 4.79 Å². The van der Waals surface area contributed by atoms with Crippen molar-refractivity contribution in [2.75, 3.05) is 0 Å². The summed E-state index contributed by atoms with van der Waals surface area (Å²) in [4.78, 5) is 12.7. The van der Waals surface area contributed by atoms with Crippen molar-refractivity contribution in [1.29, 1.82) is 0 Å². The molecule has 0 saturated heterocycles. The van der Waals surface area contributed by atoms with Crippen LogP contribution >= 0.6 is 31.9 Å². The topological polar surface area (TPSA) is 69.6 Å². The highest BCUT2D eigenvalue weighted by Crippen LogP contribution is 2.45. The van der Waals surface area contributed by atoms with Crippen molar-refractivity contribution in [3.8, 4) is 11.5 Å². The van der Waals surface area contributed by atoms with Gasteiger partial charge in [-0.2, -0.15) is 0 Å². The third kappa shape index (κ3) is 2.44. The Morgan fingerprint density at radius 3 is 1.88 bits per heavy atom. The van der Waals surface area contributed by atoms with Crippen LogP contribution in [0.5, 0.6) is 11.5 Å². The Morgan fingerprint density at radius 2 is 1.35 bits per heavy atom. The van der Waals surface area contributed by atoms with Crippen molar-refractivity contribution in [1.82, 2.24) is 5.32 Å². The van der Waals surface area contributed by atoms with E-state index < -0.39 is 5.54 Å². The minimum Gasteiger partial charge on any atom is -0.507 e. The van der Waals surface area contributed by atoms with Gasteiger partial charge in [-0.25, -0.2) is 0 Å². The van der Waals surface area contributed by atoms with Crippen molar-refractivity contribution in [3.63, 3.8) is 0 Å². The Labute approximate surface area is 166 Å². The van der Waals surface area contributed by atoms with E-state index in [1.807, 2.05) is 18.2 Å². The van der Waals surface area contributed by atoms with Crippen LogP contribution in [0.3, 0.4) is 0 Å². The molecule has 0 spiro atoms. The standard InChI is InChI=1S/C20H13Br2NO3/c21-15-9-11(5-7-17(15)24)20(12-6-8-18(25)16(22)10-12)14-4-2-1-3-13(14)19(26)23-20/h1-10,24-25H,(H,23,26). The highest BCUT2D eigenvalue weighted by atomic mass is 79.9. The number of amides is 1. The maximum Gasteiger partial charge on any atom is 0.252 e. The monoisotopic (exact) mass is 473 g/mol. The SMILES string of the molecule is O=C1NC(c2ccc(O)c(Br)c2)(c2ccc(O)c(Br)c2)c2ccccc21. The predicted octanol–water partition coefficient (Wildman–Crippen LogP) is 4.66. The molecule has 0 unspecified atom stereocenters. The number of carbonyl (C=O) groups is 1. The smallest absolute Gasteiger partial charge is 0.252 e. The van der Waals surface area contributed by atoms with Crippen LogP contribution in [-0.4, -0.2) is 16.1 Å². The molecule has 3 aromatic rings. The lowest BCUT2D eigenvalue weighted by Crippen LogP contribution is -2.41. The first-order chi connectivity index (χ1) is 12.4. The molecule has 0 bridgehead atoms. The van der Waals surface area contributed by atoms with Crippen molar-refractivity contribution < 1.29 is 15.0 Å². The molecule has 3 aromatic carbocycles. The summed E-state index contributed by atoms with van der Waals surface area (Å²) in [6, 6.07) is 17.7.